The van der Waals surface area contributed by atoms with Gasteiger partial charge in [0.05, 0.1) is 5.56 Å². The molecule has 0 bridgehead atoms. The number of ether oxygens (including phenoxy) is 1. The normalized spacial score (nSPS) is 16.5. The van der Waals surface area contributed by atoms with Gasteiger partial charge < -0.3 is 4.74 Å². The minimum Gasteiger partial charge on any atom is -0.449 e. The fraction of sp³-hybridized carbons (Fsp3) is 0.0417. The van der Waals surface area contributed by atoms with Crippen molar-refractivity contribution in [3.05, 3.63) is 95.6 Å². The molecule has 2 aliphatic rings. The Morgan fingerprint density at radius 2 is 1.23 bits per heavy atom. The van der Waals surface area contributed by atoms with Crippen molar-refractivity contribution < 1.29 is 9.53 Å². The molecule has 6 rings (SSSR count). The first-order chi connectivity index (χ1) is 12.8. The van der Waals surface area contributed by atoms with Crippen LogP contribution in [0.4, 0.5) is 0 Å². The molecule has 0 saturated heterocycles. The molecule has 0 fully saturated rings. The highest BCUT2D eigenvalue weighted by molar-refractivity contribution is 6.16. The molecule has 0 saturated carbocycles. The Labute approximate surface area is 150 Å². The zero-order valence-electron chi connectivity index (χ0n) is 13.9. The van der Waals surface area contributed by atoms with Crippen LogP contribution in [-0.4, -0.2) is 5.97 Å². The number of cyclic esters (lactones) is 1. The summed E-state index contributed by atoms with van der Waals surface area (Å²) in [5.41, 5.74) is 7.73. The van der Waals surface area contributed by atoms with E-state index >= 15 is 0 Å². The molecule has 1 aliphatic carbocycles. The van der Waals surface area contributed by atoms with Crippen molar-refractivity contribution in [2.75, 3.05) is 0 Å². The first kappa shape index (κ1) is 13.9. The van der Waals surface area contributed by atoms with Gasteiger partial charge in [0.2, 0.25) is 0 Å². The monoisotopic (exact) mass is 334 g/mol. The van der Waals surface area contributed by atoms with Gasteiger partial charge in [-0.25, -0.2) is 4.79 Å². The van der Waals surface area contributed by atoms with Crippen LogP contribution in [0.15, 0.2) is 78.9 Å². The van der Waals surface area contributed by atoms with E-state index in [4.69, 9.17) is 4.74 Å². The van der Waals surface area contributed by atoms with Crippen LogP contribution in [0.25, 0.3) is 33.0 Å². The van der Waals surface area contributed by atoms with Gasteiger partial charge in [-0.1, -0.05) is 72.8 Å². The van der Waals surface area contributed by atoms with E-state index in [-0.39, 0.29) is 12.1 Å². The first-order valence-corrected chi connectivity index (χ1v) is 8.78. The molecule has 1 atom stereocenters. The first-order valence-electron chi connectivity index (χ1n) is 8.78. The van der Waals surface area contributed by atoms with Crippen LogP contribution in [0.5, 0.6) is 0 Å². The van der Waals surface area contributed by atoms with Crippen LogP contribution in [0.3, 0.4) is 0 Å². The number of carbonyl (C=O) groups excluding carboxylic acids is 1. The Morgan fingerprint density at radius 1 is 0.577 bits per heavy atom. The fourth-order valence-corrected chi connectivity index (χ4v) is 4.44. The lowest BCUT2D eigenvalue weighted by molar-refractivity contribution is 0.0458. The van der Waals surface area contributed by atoms with E-state index in [1.54, 1.807) is 0 Å². The smallest absolute Gasteiger partial charge is 0.339 e. The summed E-state index contributed by atoms with van der Waals surface area (Å²) < 4.78 is 5.76. The summed E-state index contributed by atoms with van der Waals surface area (Å²) in [5, 5.41) is 2.41. The molecular weight excluding hydrogens is 320 g/mol. The second-order valence-corrected chi connectivity index (χ2v) is 6.85. The quantitative estimate of drug-likeness (QED) is 0.365. The van der Waals surface area contributed by atoms with Gasteiger partial charge in [-0.3, -0.25) is 0 Å². The van der Waals surface area contributed by atoms with Gasteiger partial charge in [0.1, 0.15) is 0 Å². The van der Waals surface area contributed by atoms with Crippen molar-refractivity contribution in [3.63, 3.8) is 0 Å². The van der Waals surface area contributed by atoms with Gasteiger partial charge in [-0.2, -0.15) is 0 Å². The maximum absolute atomic E-state index is 12.3. The number of fused-ring (bicyclic) bond motifs is 4. The number of esters is 1. The molecule has 0 aromatic heterocycles. The molecule has 0 radical (unpaired) electrons. The molecule has 1 heterocycles. The van der Waals surface area contributed by atoms with Crippen molar-refractivity contribution in [2.45, 2.75) is 6.10 Å². The van der Waals surface area contributed by atoms with Crippen molar-refractivity contribution in [3.8, 4) is 22.3 Å². The standard InChI is InChI=1S/C24H14O2/c25-24-21-9-4-3-8-19(21)23(26-24)20-13-12-18-15-7-2-1-6-14(15)16-10-5-11-17(20)22(16)18/h1-13,23H. The van der Waals surface area contributed by atoms with Gasteiger partial charge in [-0.05, 0) is 39.1 Å². The molecular formula is C24H14O2. The number of hydrogen-bond donors (Lipinski definition) is 0. The minimum absolute atomic E-state index is 0.239. The maximum atomic E-state index is 12.3. The largest absolute Gasteiger partial charge is 0.449 e. The number of rotatable bonds is 1. The fourth-order valence-electron chi connectivity index (χ4n) is 4.44. The number of hydrogen-bond acceptors (Lipinski definition) is 2. The molecule has 4 aromatic carbocycles. The lowest BCUT2D eigenvalue weighted by Crippen LogP contribution is -2.01. The SMILES string of the molecule is O=C1OC(c2ccc3c4c(cccc24)-c2ccccc2-3)c2ccccc21. The average Bonchev–Trinajstić information content (AvgIpc) is 3.20. The van der Waals surface area contributed by atoms with E-state index in [1.807, 2.05) is 24.3 Å². The van der Waals surface area contributed by atoms with Crippen LogP contribution in [0.1, 0.15) is 27.6 Å². The summed E-state index contributed by atoms with van der Waals surface area (Å²) >= 11 is 0. The van der Waals surface area contributed by atoms with E-state index in [2.05, 4.69) is 54.6 Å². The number of carbonyl (C=O) groups is 1. The molecule has 2 nitrogen and oxygen atoms in total. The van der Waals surface area contributed by atoms with Crippen LogP contribution < -0.4 is 0 Å². The zero-order valence-corrected chi connectivity index (χ0v) is 13.9. The molecule has 1 unspecified atom stereocenters. The highest BCUT2D eigenvalue weighted by Crippen LogP contribution is 2.49. The summed E-state index contributed by atoms with van der Waals surface area (Å²) in [7, 11) is 0. The highest BCUT2D eigenvalue weighted by atomic mass is 16.5. The molecule has 2 heteroatoms. The topological polar surface area (TPSA) is 26.3 Å². The molecule has 1 aliphatic heterocycles. The Kier molecular flexibility index (Phi) is 2.57. The van der Waals surface area contributed by atoms with Gasteiger partial charge >= 0.3 is 5.97 Å². The minimum atomic E-state index is -0.341. The van der Waals surface area contributed by atoms with Crippen LogP contribution in [-0.2, 0) is 4.74 Å². The van der Waals surface area contributed by atoms with Crippen molar-refractivity contribution in [1.29, 1.82) is 0 Å². The van der Waals surface area contributed by atoms with Crippen molar-refractivity contribution in [1.82, 2.24) is 0 Å². The second-order valence-electron chi connectivity index (χ2n) is 6.85. The number of benzene rings is 4. The van der Waals surface area contributed by atoms with Gasteiger partial charge in [0, 0.05) is 11.1 Å². The summed E-state index contributed by atoms with van der Waals surface area (Å²) in [6.07, 6.45) is -0.341. The molecule has 0 spiro atoms. The summed E-state index contributed by atoms with van der Waals surface area (Å²) in [6.45, 7) is 0. The van der Waals surface area contributed by atoms with E-state index in [0.717, 1.165) is 16.5 Å². The third-order valence-corrected chi connectivity index (χ3v) is 5.55. The van der Waals surface area contributed by atoms with Gasteiger partial charge in [0.25, 0.3) is 0 Å². The van der Waals surface area contributed by atoms with Crippen molar-refractivity contribution in [2.24, 2.45) is 0 Å². The molecule has 4 aromatic rings. The molecule has 0 N–H and O–H groups in total. The third-order valence-electron chi connectivity index (χ3n) is 5.55. The Balaban J connectivity index is 1.65. The Bertz CT molecular complexity index is 1210. The summed E-state index contributed by atoms with van der Waals surface area (Å²) in [6, 6.07) is 26.9. The Morgan fingerprint density at radius 3 is 2.04 bits per heavy atom. The van der Waals surface area contributed by atoms with E-state index in [0.29, 0.717) is 5.56 Å². The zero-order chi connectivity index (χ0) is 17.3. The average molecular weight is 334 g/mol. The van der Waals surface area contributed by atoms with Crippen molar-refractivity contribution >= 4 is 16.7 Å². The van der Waals surface area contributed by atoms with Crippen LogP contribution in [0, 0.1) is 0 Å². The van der Waals surface area contributed by atoms with E-state index in [9.17, 15) is 4.79 Å². The van der Waals surface area contributed by atoms with E-state index in [1.165, 1.54) is 27.6 Å². The molecule has 0 amide bonds. The maximum Gasteiger partial charge on any atom is 0.339 e. The third kappa shape index (κ3) is 1.64. The lowest BCUT2D eigenvalue weighted by atomic mass is 9.92. The van der Waals surface area contributed by atoms with Crippen LogP contribution in [0.2, 0.25) is 0 Å². The van der Waals surface area contributed by atoms with E-state index < -0.39 is 0 Å². The Hall–Kier alpha value is -3.39. The summed E-state index contributed by atoms with van der Waals surface area (Å²) in [5.74, 6) is -0.239. The summed E-state index contributed by atoms with van der Waals surface area (Å²) in [4.78, 5) is 12.3. The predicted molar refractivity (Wildman–Crippen MR) is 102 cm³/mol. The predicted octanol–water partition coefficient (Wildman–Crippen LogP) is 5.75. The molecule has 26 heavy (non-hydrogen) atoms. The molecule has 122 valence electrons. The van der Waals surface area contributed by atoms with Gasteiger partial charge in [0.15, 0.2) is 6.10 Å². The van der Waals surface area contributed by atoms with Gasteiger partial charge in [-0.15, -0.1) is 0 Å². The second kappa shape index (κ2) is 4.83. The highest BCUT2D eigenvalue weighted by Gasteiger charge is 2.34. The lowest BCUT2D eigenvalue weighted by Gasteiger charge is -2.15. The van der Waals surface area contributed by atoms with Crippen LogP contribution >= 0.6 is 0 Å².